The minimum Gasteiger partial charge on any atom is -0.370 e. The maximum absolute atomic E-state index is 5.88. The fraction of sp³-hybridized carbons (Fsp3) is 0.533. The molecule has 0 aliphatic carbocycles. The second-order valence-corrected chi connectivity index (χ2v) is 5.16. The molecule has 1 saturated heterocycles. The summed E-state index contributed by atoms with van der Waals surface area (Å²) in [5, 5.41) is 3.12. The molecule has 0 amide bonds. The number of halogens is 1. The molecule has 4 nitrogen and oxygen atoms in total. The van der Waals surface area contributed by atoms with Crippen molar-refractivity contribution in [1.82, 2.24) is 4.90 Å². The van der Waals surface area contributed by atoms with E-state index in [9.17, 15) is 0 Å². The van der Waals surface area contributed by atoms with Crippen LogP contribution in [0.4, 0.5) is 5.69 Å². The van der Waals surface area contributed by atoms with Gasteiger partial charge in [-0.15, -0.1) is 24.0 Å². The number of nitrogens with two attached hydrogens (primary N) is 1. The van der Waals surface area contributed by atoms with Crippen LogP contribution in [0.2, 0.25) is 0 Å². The number of aryl methyl sites for hydroxylation is 1. The number of anilines is 1. The Morgan fingerprint density at radius 1 is 1.20 bits per heavy atom. The maximum Gasteiger partial charge on any atom is 0.193 e. The van der Waals surface area contributed by atoms with Crippen LogP contribution in [0.3, 0.4) is 0 Å². The number of rotatable bonds is 4. The van der Waals surface area contributed by atoms with Crippen LogP contribution in [-0.2, 0) is 0 Å². The van der Waals surface area contributed by atoms with Gasteiger partial charge in [-0.1, -0.05) is 24.1 Å². The second kappa shape index (κ2) is 9.18. The highest BCUT2D eigenvalue weighted by molar-refractivity contribution is 14.0. The smallest absolute Gasteiger partial charge is 0.193 e. The summed E-state index contributed by atoms with van der Waals surface area (Å²) >= 11 is 0. The first-order valence-electron chi connectivity index (χ1n) is 7.10. The molecule has 0 aromatic heterocycles. The minimum absolute atomic E-state index is 0. The summed E-state index contributed by atoms with van der Waals surface area (Å²) in [5.74, 6) is 0.501. The maximum atomic E-state index is 5.88. The van der Waals surface area contributed by atoms with Crippen molar-refractivity contribution >= 4 is 35.6 Å². The molecule has 0 radical (unpaired) electrons. The van der Waals surface area contributed by atoms with Gasteiger partial charge in [-0.3, -0.25) is 4.99 Å². The van der Waals surface area contributed by atoms with Gasteiger partial charge in [0.15, 0.2) is 5.96 Å². The molecule has 0 saturated carbocycles. The van der Waals surface area contributed by atoms with Crippen molar-refractivity contribution in [1.29, 1.82) is 0 Å². The van der Waals surface area contributed by atoms with Crippen molar-refractivity contribution in [3.05, 3.63) is 29.8 Å². The fourth-order valence-electron chi connectivity index (χ4n) is 2.32. The molecule has 0 atom stereocenters. The van der Waals surface area contributed by atoms with Crippen LogP contribution in [0.15, 0.2) is 29.3 Å². The minimum atomic E-state index is 0. The van der Waals surface area contributed by atoms with Crippen molar-refractivity contribution in [3.8, 4) is 0 Å². The largest absolute Gasteiger partial charge is 0.370 e. The quantitative estimate of drug-likeness (QED) is 0.474. The van der Waals surface area contributed by atoms with E-state index < -0.39 is 0 Å². The second-order valence-electron chi connectivity index (χ2n) is 5.16. The highest BCUT2D eigenvalue weighted by Gasteiger charge is 2.08. The van der Waals surface area contributed by atoms with Gasteiger partial charge in [-0.25, -0.2) is 0 Å². The first kappa shape index (κ1) is 17.2. The molecular weight excluding hydrogens is 363 g/mol. The Hall–Kier alpha value is -0.820. The van der Waals surface area contributed by atoms with E-state index in [0.29, 0.717) is 5.96 Å². The Bertz CT molecular complexity index is 410. The molecular formula is C15H25IN4. The third-order valence-corrected chi connectivity index (χ3v) is 3.47. The third-order valence-electron chi connectivity index (χ3n) is 3.47. The Balaban J connectivity index is 0.00000200. The average Bonchev–Trinajstić information content (AvgIpc) is 2.43. The van der Waals surface area contributed by atoms with Gasteiger partial charge in [0.25, 0.3) is 0 Å². The van der Waals surface area contributed by atoms with Crippen molar-refractivity contribution < 1.29 is 0 Å². The van der Waals surface area contributed by atoms with Crippen LogP contribution in [0.25, 0.3) is 0 Å². The van der Waals surface area contributed by atoms with E-state index in [-0.39, 0.29) is 24.0 Å². The lowest BCUT2D eigenvalue weighted by Gasteiger charge is -2.25. The van der Waals surface area contributed by atoms with Crippen LogP contribution < -0.4 is 11.1 Å². The molecule has 1 fully saturated rings. The van der Waals surface area contributed by atoms with E-state index in [2.05, 4.69) is 34.3 Å². The number of guanidine groups is 1. The SMILES string of the molecule is Cc1ccc(NC(N)=NCCN2CCCCC2)cc1.I. The number of likely N-dealkylation sites (tertiary alicyclic amines) is 1. The van der Waals surface area contributed by atoms with Crippen molar-refractivity contribution in [2.24, 2.45) is 10.7 Å². The number of hydrogen-bond donors (Lipinski definition) is 2. The van der Waals surface area contributed by atoms with E-state index in [1.807, 2.05) is 12.1 Å². The van der Waals surface area contributed by atoms with Crippen molar-refractivity contribution in [3.63, 3.8) is 0 Å². The van der Waals surface area contributed by atoms with E-state index in [1.54, 1.807) is 0 Å². The number of benzene rings is 1. The first-order valence-corrected chi connectivity index (χ1v) is 7.10. The molecule has 1 aliphatic heterocycles. The van der Waals surface area contributed by atoms with Crippen LogP contribution in [-0.4, -0.2) is 37.0 Å². The molecule has 20 heavy (non-hydrogen) atoms. The van der Waals surface area contributed by atoms with E-state index >= 15 is 0 Å². The number of aliphatic imine (C=N–C) groups is 1. The lowest BCUT2D eigenvalue weighted by Crippen LogP contribution is -2.32. The van der Waals surface area contributed by atoms with Crippen LogP contribution in [0, 0.1) is 6.92 Å². The van der Waals surface area contributed by atoms with E-state index in [1.165, 1.54) is 37.9 Å². The van der Waals surface area contributed by atoms with Crippen molar-refractivity contribution in [2.45, 2.75) is 26.2 Å². The first-order chi connectivity index (χ1) is 9.24. The number of hydrogen-bond acceptors (Lipinski definition) is 2. The van der Waals surface area contributed by atoms with E-state index in [0.717, 1.165) is 18.8 Å². The van der Waals surface area contributed by atoms with Crippen LogP contribution in [0.1, 0.15) is 24.8 Å². The van der Waals surface area contributed by atoms with Crippen LogP contribution in [0.5, 0.6) is 0 Å². The lowest BCUT2D eigenvalue weighted by molar-refractivity contribution is 0.235. The van der Waals surface area contributed by atoms with Gasteiger partial charge in [0, 0.05) is 12.2 Å². The summed E-state index contributed by atoms with van der Waals surface area (Å²) < 4.78 is 0. The Morgan fingerprint density at radius 2 is 1.85 bits per heavy atom. The summed E-state index contributed by atoms with van der Waals surface area (Å²) in [4.78, 5) is 6.84. The zero-order valence-corrected chi connectivity index (χ0v) is 14.5. The highest BCUT2D eigenvalue weighted by atomic mass is 127. The van der Waals surface area contributed by atoms with Gasteiger partial charge in [-0.05, 0) is 45.0 Å². The van der Waals surface area contributed by atoms with Crippen molar-refractivity contribution in [2.75, 3.05) is 31.5 Å². The fourth-order valence-corrected chi connectivity index (χ4v) is 2.32. The van der Waals surface area contributed by atoms with Gasteiger partial charge in [0.1, 0.15) is 0 Å². The average molecular weight is 388 g/mol. The zero-order valence-electron chi connectivity index (χ0n) is 12.1. The molecule has 1 heterocycles. The molecule has 112 valence electrons. The van der Waals surface area contributed by atoms with Gasteiger partial charge in [-0.2, -0.15) is 0 Å². The predicted octanol–water partition coefficient (Wildman–Crippen LogP) is 2.83. The van der Waals surface area contributed by atoms with Gasteiger partial charge < -0.3 is 16.0 Å². The normalized spacial score (nSPS) is 16.6. The Kier molecular flexibility index (Phi) is 7.91. The molecule has 0 bridgehead atoms. The molecule has 1 aromatic rings. The summed E-state index contributed by atoms with van der Waals surface area (Å²) in [7, 11) is 0. The van der Waals surface area contributed by atoms with Gasteiger partial charge in [0.2, 0.25) is 0 Å². The summed E-state index contributed by atoms with van der Waals surface area (Å²) in [5.41, 5.74) is 8.11. The number of nitrogens with zero attached hydrogens (tertiary/aromatic N) is 2. The molecule has 5 heteroatoms. The van der Waals surface area contributed by atoms with Gasteiger partial charge in [0.05, 0.1) is 6.54 Å². The molecule has 1 aliphatic rings. The third kappa shape index (κ3) is 6.09. The number of nitrogens with one attached hydrogen (secondary N) is 1. The highest BCUT2D eigenvalue weighted by Crippen LogP contribution is 2.09. The molecule has 1 aromatic carbocycles. The summed E-state index contributed by atoms with van der Waals surface area (Å²) in [6, 6.07) is 8.15. The predicted molar refractivity (Wildman–Crippen MR) is 97.0 cm³/mol. The molecule has 3 N–H and O–H groups in total. The topological polar surface area (TPSA) is 53.6 Å². The summed E-state index contributed by atoms with van der Waals surface area (Å²) in [6.07, 6.45) is 4.01. The Morgan fingerprint density at radius 3 is 2.50 bits per heavy atom. The summed E-state index contributed by atoms with van der Waals surface area (Å²) in [6.45, 7) is 6.27. The lowest BCUT2D eigenvalue weighted by atomic mass is 10.1. The molecule has 0 unspecified atom stereocenters. The molecule has 0 spiro atoms. The Labute approximate surface area is 138 Å². The van der Waals surface area contributed by atoms with E-state index in [4.69, 9.17) is 5.73 Å². The molecule has 2 rings (SSSR count). The standard InChI is InChI=1S/C15H24N4.HI/c1-13-5-7-14(8-6-13)18-15(16)17-9-12-19-10-3-2-4-11-19;/h5-8H,2-4,9-12H2,1H3,(H3,16,17,18);1H. The monoisotopic (exact) mass is 388 g/mol. The zero-order chi connectivity index (χ0) is 13.5. The van der Waals surface area contributed by atoms with Crippen LogP contribution >= 0.6 is 24.0 Å². The number of piperidine rings is 1. The van der Waals surface area contributed by atoms with Gasteiger partial charge >= 0.3 is 0 Å².